The van der Waals surface area contributed by atoms with Crippen molar-refractivity contribution in [3.8, 4) is 5.75 Å². The van der Waals surface area contributed by atoms with E-state index in [-0.39, 0.29) is 0 Å². The first-order chi connectivity index (χ1) is 8.10. The van der Waals surface area contributed by atoms with E-state index >= 15 is 0 Å². The number of hydrogen-bond acceptors (Lipinski definition) is 3. The highest BCUT2D eigenvalue weighted by molar-refractivity contribution is 5.59. The molecule has 0 heterocycles. The first-order valence-electron chi connectivity index (χ1n) is 6.31. The standard InChI is InChI=1S/C14H24N2O/c1-5-11(6-2)10(3)16-13-7-12(15)8-14(9-13)17-4/h7-11,16H,5-6,15H2,1-4H3. The van der Waals surface area contributed by atoms with Gasteiger partial charge in [-0.05, 0) is 18.9 Å². The zero-order valence-electron chi connectivity index (χ0n) is 11.3. The molecule has 0 amide bonds. The van der Waals surface area contributed by atoms with Gasteiger partial charge in [0.2, 0.25) is 0 Å². The van der Waals surface area contributed by atoms with Crippen LogP contribution in [0.2, 0.25) is 0 Å². The highest BCUT2D eigenvalue weighted by Crippen LogP contribution is 2.24. The summed E-state index contributed by atoms with van der Waals surface area (Å²) < 4.78 is 5.21. The fourth-order valence-electron chi connectivity index (χ4n) is 2.20. The highest BCUT2D eigenvalue weighted by atomic mass is 16.5. The Kier molecular flexibility index (Phi) is 5.13. The van der Waals surface area contributed by atoms with Gasteiger partial charge < -0.3 is 15.8 Å². The summed E-state index contributed by atoms with van der Waals surface area (Å²) in [5, 5.41) is 3.50. The molecule has 1 rings (SSSR count). The predicted octanol–water partition coefficient (Wildman–Crippen LogP) is 3.51. The number of methoxy groups -OCH3 is 1. The number of nitrogen functional groups attached to an aromatic ring is 1. The molecule has 0 aromatic heterocycles. The lowest BCUT2D eigenvalue weighted by atomic mass is 9.95. The molecule has 0 aliphatic heterocycles. The Bertz CT molecular complexity index is 348. The highest BCUT2D eigenvalue weighted by Gasteiger charge is 2.13. The van der Waals surface area contributed by atoms with Gasteiger partial charge in [0, 0.05) is 29.5 Å². The van der Waals surface area contributed by atoms with E-state index in [0.29, 0.717) is 12.0 Å². The van der Waals surface area contributed by atoms with Crippen LogP contribution in [0.4, 0.5) is 11.4 Å². The van der Waals surface area contributed by atoms with Gasteiger partial charge in [-0.25, -0.2) is 0 Å². The zero-order chi connectivity index (χ0) is 12.8. The van der Waals surface area contributed by atoms with Crippen LogP contribution in [-0.2, 0) is 0 Å². The normalized spacial score (nSPS) is 12.5. The van der Waals surface area contributed by atoms with Crippen molar-refractivity contribution in [1.82, 2.24) is 0 Å². The molecule has 0 aliphatic rings. The van der Waals surface area contributed by atoms with Gasteiger partial charge in [-0.15, -0.1) is 0 Å². The number of rotatable bonds is 6. The second-order valence-electron chi connectivity index (χ2n) is 4.50. The third-order valence-corrected chi connectivity index (χ3v) is 3.31. The number of nitrogens with two attached hydrogens (primary N) is 1. The van der Waals surface area contributed by atoms with Gasteiger partial charge in [-0.2, -0.15) is 0 Å². The molecule has 96 valence electrons. The molecule has 1 unspecified atom stereocenters. The number of benzene rings is 1. The van der Waals surface area contributed by atoms with Crippen LogP contribution in [0.15, 0.2) is 18.2 Å². The second kappa shape index (κ2) is 6.38. The molecule has 0 fully saturated rings. The third kappa shape index (κ3) is 3.84. The smallest absolute Gasteiger partial charge is 0.122 e. The molecule has 0 bridgehead atoms. The molecular formula is C14H24N2O. The Labute approximate surface area is 104 Å². The van der Waals surface area contributed by atoms with Gasteiger partial charge in [0.25, 0.3) is 0 Å². The fraction of sp³-hybridized carbons (Fsp3) is 0.571. The molecule has 0 saturated carbocycles. The van der Waals surface area contributed by atoms with Crippen molar-refractivity contribution in [3.63, 3.8) is 0 Å². The Morgan fingerprint density at radius 1 is 1.24 bits per heavy atom. The van der Waals surface area contributed by atoms with Crippen molar-refractivity contribution >= 4 is 11.4 Å². The molecule has 1 aromatic rings. The van der Waals surface area contributed by atoms with E-state index in [2.05, 4.69) is 26.1 Å². The van der Waals surface area contributed by atoms with Crippen LogP contribution in [0, 0.1) is 5.92 Å². The van der Waals surface area contributed by atoms with Crippen molar-refractivity contribution < 1.29 is 4.74 Å². The van der Waals surface area contributed by atoms with Crippen LogP contribution in [0.3, 0.4) is 0 Å². The summed E-state index contributed by atoms with van der Waals surface area (Å²) in [5.41, 5.74) is 7.59. The average molecular weight is 236 g/mol. The van der Waals surface area contributed by atoms with Crippen molar-refractivity contribution in [2.45, 2.75) is 39.7 Å². The molecule has 0 spiro atoms. The van der Waals surface area contributed by atoms with Gasteiger partial charge >= 0.3 is 0 Å². The van der Waals surface area contributed by atoms with E-state index < -0.39 is 0 Å². The van der Waals surface area contributed by atoms with E-state index in [1.54, 1.807) is 7.11 Å². The summed E-state index contributed by atoms with van der Waals surface area (Å²) in [4.78, 5) is 0. The fourth-order valence-corrected chi connectivity index (χ4v) is 2.20. The number of anilines is 2. The van der Waals surface area contributed by atoms with Crippen molar-refractivity contribution in [3.05, 3.63) is 18.2 Å². The largest absolute Gasteiger partial charge is 0.497 e. The maximum absolute atomic E-state index is 5.83. The monoisotopic (exact) mass is 236 g/mol. The first kappa shape index (κ1) is 13.7. The van der Waals surface area contributed by atoms with Crippen molar-refractivity contribution in [2.24, 2.45) is 5.92 Å². The Morgan fingerprint density at radius 3 is 2.41 bits per heavy atom. The Hall–Kier alpha value is -1.38. The number of nitrogens with one attached hydrogen (secondary N) is 1. The summed E-state index contributed by atoms with van der Waals surface area (Å²) in [6, 6.07) is 6.19. The minimum absolute atomic E-state index is 0.441. The topological polar surface area (TPSA) is 47.3 Å². The summed E-state index contributed by atoms with van der Waals surface area (Å²) in [6.07, 6.45) is 2.37. The van der Waals surface area contributed by atoms with Gasteiger partial charge in [0.15, 0.2) is 0 Å². The van der Waals surface area contributed by atoms with Crippen LogP contribution in [0.25, 0.3) is 0 Å². The molecular weight excluding hydrogens is 212 g/mol. The molecule has 0 saturated heterocycles. The van der Waals surface area contributed by atoms with Crippen LogP contribution < -0.4 is 15.8 Å². The lowest BCUT2D eigenvalue weighted by Gasteiger charge is -2.24. The number of hydrogen-bond donors (Lipinski definition) is 2. The lowest BCUT2D eigenvalue weighted by molar-refractivity contribution is 0.414. The molecule has 0 aliphatic carbocycles. The molecule has 17 heavy (non-hydrogen) atoms. The quantitative estimate of drug-likeness (QED) is 0.743. The summed E-state index contributed by atoms with van der Waals surface area (Å²) in [5.74, 6) is 1.48. The van der Waals surface area contributed by atoms with Crippen LogP contribution >= 0.6 is 0 Å². The minimum atomic E-state index is 0.441. The lowest BCUT2D eigenvalue weighted by Crippen LogP contribution is -2.25. The van der Waals surface area contributed by atoms with Gasteiger partial charge in [-0.1, -0.05) is 26.7 Å². The maximum Gasteiger partial charge on any atom is 0.122 e. The van der Waals surface area contributed by atoms with Gasteiger partial charge in [0.05, 0.1) is 7.11 Å². The zero-order valence-corrected chi connectivity index (χ0v) is 11.3. The molecule has 3 nitrogen and oxygen atoms in total. The van der Waals surface area contributed by atoms with E-state index in [0.717, 1.165) is 17.1 Å². The second-order valence-corrected chi connectivity index (χ2v) is 4.50. The third-order valence-electron chi connectivity index (χ3n) is 3.31. The van der Waals surface area contributed by atoms with E-state index in [1.165, 1.54) is 12.8 Å². The average Bonchev–Trinajstić information content (AvgIpc) is 2.29. The minimum Gasteiger partial charge on any atom is -0.497 e. The Morgan fingerprint density at radius 2 is 1.88 bits per heavy atom. The molecule has 3 heteroatoms. The molecule has 1 aromatic carbocycles. The summed E-state index contributed by atoms with van der Waals surface area (Å²) >= 11 is 0. The first-order valence-corrected chi connectivity index (χ1v) is 6.31. The van der Waals surface area contributed by atoms with E-state index in [9.17, 15) is 0 Å². The van der Waals surface area contributed by atoms with Crippen LogP contribution in [-0.4, -0.2) is 13.2 Å². The van der Waals surface area contributed by atoms with Gasteiger partial charge in [-0.3, -0.25) is 0 Å². The SMILES string of the molecule is CCC(CC)C(C)Nc1cc(N)cc(OC)c1. The summed E-state index contributed by atoms with van der Waals surface area (Å²) in [6.45, 7) is 6.67. The van der Waals surface area contributed by atoms with E-state index in [1.807, 2.05) is 18.2 Å². The maximum atomic E-state index is 5.83. The van der Waals surface area contributed by atoms with Crippen LogP contribution in [0.5, 0.6) is 5.75 Å². The predicted molar refractivity (Wildman–Crippen MR) is 74.6 cm³/mol. The Balaban J connectivity index is 2.76. The van der Waals surface area contributed by atoms with Crippen LogP contribution in [0.1, 0.15) is 33.6 Å². The van der Waals surface area contributed by atoms with Crippen molar-refractivity contribution in [2.75, 3.05) is 18.2 Å². The molecule has 1 atom stereocenters. The summed E-state index contributed by atoms with van der Waals surface area (Å²) in [7, 11) is 1.66. The van der Waals surface area contributed by atoms with Crippen molar-refractivity contribution in [1.29, 1.82) is 0 Å². The van der Waals surface area contributed by atoms with E-state index in [4.69, 9.17) is 10.5 Å². The van der Waals surface area contributed by atoms with Gasteiger partial charge in [0.1, 0.15) is 5.75 Å². The molecule has 0 radical (unpaired) electrons. The number of ether oxygens (including phenoxy) is 1. The molecule has 3 N–H and O–H groups in total.